The van der Waals surface area contributed by atoms with Crippen molar-refractivity contribution in [2.24, 2.45) is 0 Å². The van der Waals surface area contributed by atoms with Crippen LogP contribution in [-0.4, -0.2) is 5.91 Å². The highest BCUT2D eigenvalue weighted by Gasteiger charge is 2.15. The summed E-state index contributed by atoms with van der Waals surface area (Å²) in [4.78, 5) is 12.6. The Balaban J connectivity index is 1.78. The molecule has 0 saturated heterocycles. The number of carbonyl (C=O) groups is 1. The lowest BCUT2D eigenvalue weighted by molar-refractivity contribution is -0.112. The Morgan fingerprint density at radius 3 is 2.50 bits per heavy atom. The van der Waals surface area contributed by atoms with Crippen LogP contribution < -0.4 is 10.1 Å². The number of aryl methyl sites for hydroxylation is 1. The number of anilines is 1. The molecule has 3 aromatic carbocycles. The number of nitriles is 1. The monoisotopic (exact) mass is 548 g/mol. The fraction of sp³-hybridized carbons (Fsp3) is 0.0833. The van der Waals surface area contributed by atoms with Crippen LogP contribution in [0.4, 0.5) is 5.69 Å². The highest BCUT2D eigenvalue weighted by atomic mass is 79.9. The number of hydrogen-bond donors (Lipinski definition) is 1. The average Bonchev–Trinajstić information content (AvgIpc) is 2.76. The van der Waals surface area contributed by atoms with E-state index in [4.69, 9.17) is 39.5 Å². The first-order chi connectivity index (χ1) is 15.3. The van der Waals surface area contributed by atoms with Crippen molar-refractivity contribution in [3.63, 3.8) is 0 Å². The second-order valence-corrected chi connectivity index (χ2v) is 8.86. The summed E-state index contributed by atoms with van der Waals surface area (Å²) < 4.78 is 6.46. The molecule has 0 unspecified atom stereocenters. The van der Waals surface area contributed by atoms with Gasteiger partial charge in [-0.15, -0.1) is 0 Å². The Kier molecular flexibility index (Phi) is 8.22. The quantitative estimate of drug-likeness (QED) is 0.251. The average molecular weight is 551 g/mol. The van der Waals surface area contributed by atoms with Gasteiger partial charge in [-0.05, 0) is 64.3 Å². The van der Waals surface area contributed by atoms with Crippen LogP contribution in [0.1, 0.15) is 16.7 Å². The first-order valence-corrected chi connectivity index (χ1v) is 11.3. The van der Waals surface area contributed by atoms with Crippen molar-refractivity contribution < 1.29 is 9.53 Å². The van der Waals surface area contributed by atoms with Crippen molar-refractivity contribution >= 4 is 68.4 Å². The summed E-state index contributed by atoms with van der Waals surface area (Å²) in [5.41, 5.74) is 2.90. The van der Waals surface area contributed by atoms with E-state index in [9.17, 15) is 10.1 Å². The summed E-state index contributed by atoms with van der Waals surface area (Å²) in [6.07, 6.45) is 1.42. The lowest BCUT2D eigenvalue weighted by Gasteiger charge is -2.12. The van der Waals surface area contributed by atoms with E-state index in [1.165, 1.54) is 11.6 Å². The Labute approximate surface area is 209 Å². The maximum Gasteiger partial charge on any atom is 0.266 e. The third-order valence-electron chi connectivity index (χ3n) is 4.40. The number of carbonyl (C=O) groups excluding carboxylic acids is 1. The molecule has 0 aliphatic carbocycles. The molecule has 0 radical (unpaired) electrons. The number of nitrogens with one attached hydrogen (secondary N) is 1. The Morgan fingerprint density at radius 2 is 1.84 bits per heavy atom. The first-order valence-electron chi connectivity index (χ1n) is 9.33. The molecule has 8 heteroatoms. The highest BCUT2D eigenvalue weighted by molar-refractivity contribution is 9.10. The second-order valence-electron chi connectivity index (χ2n) is 6.81. The molecule has 0 aliphatic heterocycles. The summed E-state index contributed by atoms with van der Waals surface area (Å²) in [6.45, 7) is 2.36. The van der Waals surface area contributed by atoms with E-state index in [0.717, 1.165) is 5.56 Å². The Bertz CT molecular complexity index is 1210. The predicted octanol–water partition coefficient (Wildman–Crippen LogP) is 7.84. The van der Waals surface area contributed by atoms with Gasteiger partial charge in [0.2, 0.25) is 0 Å². The number of halogens is 4. The predicted molar refractivity (Wildman–Crippen MR) is 133 cm³/mol. The minimum Gasteiger partial charge on any atom is -0.486 e. The van der Waals surface area contributed by atoms with Gasteiger partial charge in [-0.3, -0.25) is 4.79 Å². The van der Waals surface area contributed by atoms with Crippen LogP contribution in [0, 0.1) is 18.3 Å². The van der Waals surface area contributed by atoms with Crippen LogP contribution in [0.25, 0.3) is 6.08 Å². The van der Waals surface area contributed by atoms with Gasteiger partial charge in [-0.1, -0.05) is 70.7 Å². The van der Waals surface area contributed by atoms with Crippen LogP contribution in [0.5, 0.6) is 5.75 Å². The molecule has 0 aliphatic rings. The standard InChI is InChI=1S/C24H16BrCl3N2O2/c1-14-5-7-15(8-6-14)13-32-23-18(25)10-16(11-20(23)27)9-17(12-29)24(31)30-21-4-2-3-19(26)22(21)28/h2-11H,13H2,1H3,(H,30,31)/b17-9-. The van der Waals surface area contributed by atoms with Gasteiger partial charge in [0, 0.05) is 0 Å². The van der Waals surface area contributed by atoms with E-state index in [0.29, 0.717) is 38.1 Å². The maximum atomic E-state index is 12.6. The second kappa shape index (κ2) is 10.9. The summed E-state index contributed by atoms with van der Waals surface area (Å²) >= 11 is 21.9. The molecule has 1 amide bonds. The SMILES string of the molecule is Cc1ccc(COc2c(Cl)cc(/C=C(/C#N)C(=O)Nc3cccc(Cl)c3Cl)cc2Br)cc1. The zero-order valence-electron chi connectivity index (χ0n) is 16.8. The van der Waals surface area contributed by atoms with E-state index in [1.807, 2.05) is 37.3 Å². The van der Waals surface area contributed by atoms with Crippen LogP contribution >= 0.6 is 50.7 Å². The van der Waals surface area contributed by atoms with Crippen molar-refractivity contribution in [2.75, 3.05) is 5.32 Å². The van der Waals surface area contributed by atoms with Gasteiger partial charge in [0.25, 0.3) is 5.91 Å². The molecule has 0 saturated carbocycles. The minimum atomic E-state index is -0.622. The molecule has 0 bridgehead atoms. The van der Waals surface area contributed by atoms with Crippen molar-refractivity contribution in [2.45, 2.75) is 13.5 Å². The highest BCUT2D eigenvalue weighted by Crippen LogP contribution is 2.36. The van der Waals surface area contributed by atoms with E-state index in [-0.39, 0.29) is 10.6 Å². The van der Waals surface area contributed by atoms with E-state index in [1.54, 1.807) is 30.3 Å². The van der Waals surface area contributed by atoms with E-state index in [2.05, 4.69) is 21.2 Å². The number of benzene rings is 3. The summed E-state index contributed by atoms with van der Waals surface area (Å²) in [6, 6.07) is 18.0. The van der Waals surface area contributed by atoms with Gasteiger partial charge in [0.15, 0.2) is 5.75 Å². The zero-order valence-corrected chi connectivity index (χ0v) is 20.6. The maximum absolute atomic E-state index is 12.6. The van der Waals surface area contributed by atoms with Gasteiger partial charge in [0.05, 0.1) is 25.2 Å². The number of nitrogens with zero attached hydrogens (tertiary/aromatic N) is 1. The van der Waals surface area contributed by atoms with Gasteiger partial charge < -0.3 is 10.1 Å². The molecule has 0 spiro atoms. The number of amides is 1. The first kappa shape index (κ1) is 24.2. The normalized spacial score (nSPS) is 11.1. The largest absolute Gasteiger partial charge is 0.486 e. The number of rotatable bonds is 6. The lowest BCUT2D eigenvalue weighted by atomic mass is 10.1. The van der Waals surface area contributed by atoms with Crippen LogP contribution in [0.3, 0.4) is 0 Å². The van der Waals surface area contributed by atoms with Crippen molar-refractivity contribution in [3.8, 4) is 11.8 Å². The summed E-state index contributed by atoms with van der Waals surface area (Å²) in [5.74, 6) is -0.151. The van der Waals surface area contributed by atoms with Gasteiger partial charge in [-0.2, -0.15) is 5.26 Å². The molecular weight excluding hydrogens is 535 g/mol. The lowest BCUT2D eigenvalue weighted by Crippen LogP contribution is -2.13. The minimum absolute atomic E-state index is 0.127. The molecule has 0 aromatic heterocycles. The molecule has 3 aromatic rings. The molecule has 4 nitrogen and oxygen atoms in total. The van der Waals surface area contributed by atoms with E-state index < -0.39 is 5.91 Å². The number of ether oxygens (including phenoxy) is 1. The number of hydrogen-bond acceptors (Lipinski definition) is 3. The molecule has 0 fully saturated rings. The summed E-state index contributed by atoms with van der Waals surface area (Å²) in [7, 11) is 0. The third kappa shape index (κ3) is 6.05. The smallest absolute Gasteiger partial charge is 0.266 e. The molecule has 1 N–H and O–H groups in total. The van der Waals surface area contributed by atoms with Crippen molar-refractivity contribution in [1.29, 1.82) is 5.26 Å². The topological polar surface area (TPSA) is 62.1 Å². The third-order valence-corrected chi connectivity index (χ3v) is 6.09. The summed E-state index contributed by atoms with van der Waals surface area (Å²) in [5, 5.41) is 12.9. The van der Waals surface area contributed by atoms with Crippen LogP contribution in [0.2, 0.25) is 15.1 Å². The van der Waals surface area contributed by atoms with Crippen molar-refractivity contribution in [1.82, 2.24) is 0 Å². The molecule has 0 atom stereocenters. The Morgan fingerprint density at radius 1 is 1.12 bits per heavy atom. The van der Waals surface area contributed by atoms with Gasteiger partial charge in [-0.25, -0.2) is 0 Å². The van der Waals surface area contributed by atoms with Gasteiger partial charge >= 0.3 is 0 Å². The van der Waals surface area contributed by atoms with Crippen molar-refractivity contribution in [3.05, 3.63) is 96.4 Å². The molecule has 3 rings (SSSR count). The Hall–Kier alpha value is -2.49. The van der Waals surface area contributed by atoms with Crippen LogP contribution in [0.15, 0.2) is 64.6 Å². The van der Waals surface area contributed by atoms with Crippen LogP contribution in [-0.2, 0) is 11.4 Å². The molecule has 32 heavy (non-hydrogen) atoms. The fourth-order valence-corrected chi connectivity index (χ4v) is 4.08. The zero-order chi connectivity index (χ0) is 23.3. The van der Waals surface area contributed by atoms with Gasteiger partial charge in [0.1, 0.15) is 18.2 Å². The molecule has 162 valence electrons. The van der Waals surface area contributed by atoms with E-state index >= 15 is 0 Å². The molecule has 0 heterocycles. The molecular formula is C24H16BrCl3N2O2. The fourth-order valence-electron chi connectivity index (χ4n) is 2.75.